The molecule has 0 aliphatic carbocycles. The average Bonchev–Trinajstić information content (AvgIpc) is 2.87. The lowest BCUT2D eigenvalue weighted by atomic mass is 10.1. The van der Waals surface area contributed by atoms with Crippen molar-refractivity contribution in [1.82, 2.24) is 19.8 Å². The van der Waals surface area contributed by atoms with E-state index in [1.54, 1.807) is 29.8 Å². The van der Waals surface area contributed by atoms with Crippen LogP contribution >= 0.6 is 11.3 Å². The van der Waals surface area contributed by atoms with Gasteiger partial charge in [0, 0.05) is 5.69 Å². The maximum atomic E-state index is 5.78. The summed E-state index contributed by atoms with van der Waals surface area (Å²) in [6.07, 6.45) is 0. The maximum Gasteiger partial charge on any atom is 0.236 e. The van der Waals surface area contributed by atoms with Crippen LogP contribution in [0.3, 0.4) is 0 Å². The number of aromatic nitrogens is 4. The Hall–Kier alpha value is -2.35. The second-order valence-corrected chi connectivity index (χ2v) is 4.61. The fraction of sp³-hybridized carbons (Fsp3) is 0.100. The van der Waals surface area contributed by atoms with Gasteiger partial charge in [0.05, 0.1) is 12.7 Å². The van der Waals surface area contributed by atoms with Gasteiger partial charge in [-0.25, -0.2) is 0 Å². The molecule has 0 aliphatic rings. The molecule has 0 saturated carbocycles. The molecule has 3 rings (SSSR count). The van der Waals surface area contributed by atoms with Crippen molar-refractivity contribution in [3.05, 3.63) is 18.2 Å². The standard InChI is InChI=1S/C10H10N6OS/c1-17-7-3-2-5(11)4-6(7)8-13-14-10-16(8)15-9(12)18-10/h2-4H,11H2,1H3,(H2,12,15). The molecule has 0 aliphatic heterocycles. The van der Waals surface area contributed by atoms with Crippen LogP contribution in [0.25, 0.3) is 16.3 Å². The van der Waals surface area contributed by atoms with Gasteiger partial charge in [0.2, 0.25) is 10.1 Å². The summed E-state index contributed by atoms with van der Waals surface area (Å²) in [5, 5.41) is 12.7. The van der Waals surface area contributed by atoms with Gasteiger partial charge in [0.25, 0.3) is 0 Å². The Morgan fingerprint density at radius 3 is 2.89 bits per heavy atom. The van der Waals surface area contributed by atoms with E-state index in [1.807, 2.05) is 0 Å². The number of fused-ring (bicyclic) bond motifs is 1. The molecular formula is C10H10N6OS. The zero-order valence-corrected chi connectivity index (χ0v) is 10.3. The Morgan fingerprint density at radius 2 is 2.11 bits per heavy atom. The third-order valence-electron chi connectivity index (χ3n) is 2.47. The summed E-state index contributed by atoms with van der Waals surface area (Å²) >= 11 is 1.27. The van der Waals surface area contributed by atoms with Crippen LogP contribution in [0.5, 0.6) is 5.75 Å². The number of nitrogen functional groups attached to an aromatic ring is 2. The summed E-state index contributed by atoms with van der Waals surface area (Å²) in [6.45, 7) is 0. The second-order valence-electron chi connectivity index (χ2n) is 3.62. The molecule has 0 amide bonds. The van der Waals surface area contributed by atoms with Gasteiger partial charge in [0.1, 0.15) is 5.75 Å². The Bertz CT molecular complexity index is 718. The van der Waals surface area contributed by atoms with Crippen molar-refractivity contribution in [2.24, 2.45) is 0 Å². The lowest BCUT2D eigenvalue weighted by molar-refractivity contribution is 0.416. The van der Waals surface area contributed by atoms with E-state index in [2.05, 4.69) is 15.3 Å². The number of nitrogens with zero attached hydrogens (tertiary/aromatic N) is 4. The number of benzene rings is 1. The first kappa shape index (κ1) is 10.8. The van der Waals surface area contributed by atoms with Gasteiger partial charge < -0.3 is 16.2 Å². The predicted octanol–water partition coefficient (Wildman–Crippen LogP) is 1.03. The van der Waals surface area contributed by atoms with Gasteiger partial charge in [-0.3, -0.25) is 0 Å². The highest BCUT2D eigenvalue weighted by atomic mass is 32.1. The van der Waals surface area contributed by atoms with Crippen LogP contribution in [-0.4, -0.2) is 26.9 Å². The Balaban J connectivity index is 2.27. The molecule has 8 heteroatoms. The number of nitrogens with two attached hydrogens (primary N) is 2. The van der Waals surface area contributed by atoms with Gasteiger partial charge in [-0.05, 0) is 18.2 Å². The van der Waals surface area contributed by atoms with Crippen molar-refractivity contribution in [2.75, 3.05) is 18.6 Å². The quantitative estimate of drug-likeness (QED) is 0.668. The number of ether oxygens (including phenoxy) is 1. The summed E-state index contributed by atoms with van der Waals surface area (Å²) in [6, 6.07) is 5.31. The molecule has 0 fully saturated rings. The highest BCUT2D eigenvalue weighted by Gasteiger charge is 2.16. The molecule has 2 heterocycles. The van der Waals surface area contributed by atoms with Crippen LogP contribution in [0, 0.1) is 0 Å². The summed E-state index contributed by atoms with van der Waals surface area (Å²) in [5.74, 6) is 1.21. The summed E-state index contributed by atoms with van der Waals surface area (Å²) in [5.41, 5.74) is 12.8. The molecule has 2 aromatic heterocycles. The monoisotopic (exact) mass is 262 g/mol. The Morgan fingerprint density at radius 1 is 1.28 bits per heavy atom. The highest BCUT2D eigenvalue weighted by Crippen LogP contribution is 2.31. The minimum absolute atomic E-state index is 0.434. The summed E-state index contributed by atoms with van der Waals surface area (Å²) in [4.78, 5) is 0.631. The van der Waals surface area contributed by atoms with Crippen molar-refractivity contribution >= 4 is 27.1 Å². The molecule has 4 N–H and O–H groups in total. The fourth-order valence-electron chi connectivity index (χ4n) is 1.70. The van der Waals surface area contributed by atoms with Crippen molar-refractivity contribution in [2.45, 2.75) is 0 Å². The number of rotatable bonds is 2. The highest BCUT2D eigenvalue weighted by molar-refractivity contribution is 7.20. The molecule has 0 radical (unpaired) electrons. The van der Waals surface area contributed by atoms with Crippen LogP contribution < -0.4 is 16.2 Å². The average molecular weight is 262 g/mol. The van der Waals surface area contributed by atoms with Gasteiger partial charge in [-0.1, -0.05) is 11.3 Å². The molecule has 3 aromatic rings. The van der Waals surface area contributed by atoms with Gasteiger partial charge in [-0.15, -0.1) is 15.3 Å². The first-order valence-corrected chi connectivity index (χ1v) is 5.92. The van der Waals surface area contributed by atoms with Crippen molar-refractivity contribution in [1.29, 1.82) is 0 Å². The van der Waals surface area contributed by atoms with Gasteiger partial charge >= 0.3 is 0 Å². The first-order chi connectivity index (χ1) is 8.69. The molecule has 0 spiro atoms. The van der Waals surface area contributed by atoms with E-state index in [0.29, 0.717) is 27.4 Å². The molecule has 0 saturated heterocycles. The smallest absolute Gasteiger partial charge is 0.236 e. The SMILES string of the molecule is COc1ccc(N)cc1-c1nnc2sc(N)nn12. The van der Waals surface area contributed by atoms with Crippen LogP contribution in [0.1, 0.15) is 0 Å². The molecule has 0 bridgehead atoms. The summed E-state index contributed by atoms with van der Waals surface area (Å²) in [7, 11) is 1.59. The number of hydrogen-bond donors (Lipinski definition) is 2. The topological polar surface area (TPSA) is 104 Å². The molecule has 7 nitrogen and oxygen atoms in total. The van der Waals surface area contributed by atoms with Crippen molar-refractivity contribution in [3.63, 3.8) is 0 Å². The largest absolute Gasteiger partial charge is 0.496 e. The predicted molar refractivity (Wildman–Crippen MR) is 69.5 cm³/mol. The van der Waals surface area contributed by atoms with Crippen LogP contribution in [-0.2, 0) is 0 Å². The second kappa shape index (κ2) is 3.84. The normalized spacial score (nSPS) is 10.9. The zero-order chi connectivity index (χ0) is 12.7. The van der Waals surface area contributed by atoms with E-state index in [0.717, 1.165) is 5.56 Å². The van der Waals surface area contributed by atoms with Gasteiger partial charge in [0.15, 0.2) is 5.82 Å². The molecule has 1 aromatic carbocycles. The Kier molecular flexibility index (Phi) is 2.30. The Labute approximate surface area is 106 Å². The van der Waals surface area contributed by atoms with Crippen molar-refractivity contribution < 1.29 is 4.74 Å². The lowest BCUT2D eigenvalue weighted by Gasteiger charge is -2.06. The third-order valence-corrected chi connectivity index (χ3v) is 3.20. The minimum atomic E-state index is 0.434. The summed E-state index contributed by atoms with van der Waals surface area (Å²) < 4.78 is 6.87. The lowest BCUT2D eigenvalue weighted by Crippen LogP contribution is -1.96. The molecule has 92 valence electrons. The van der Waals surface area contributed by atoms with Crippen LogP contribution in [0.2, 0.25) is 0 Å². The van der Waals surface area contributed by atoms with Crippen LogP contribution in [0.15, 0.2) is 18.2 Å². The van der Waals surface area contributed by atoms with E-state index in [9.17, 15) is 0 Å². The van der Waals surface area contributed by atoms with E-state index in [-0.39, 0.29) is 0 Å². The molecule has 0 atom stereocenters. The van der Waals surface area contributed by atoms with Crippen LogP contribution in [0.4, 0.5) is 10.8 Å². The first-order valence-electron chi connectivity index (χ1n) is 5.10. The molecular weight excluding hydrogens is 252 g/mol. The van der Waals surface area contributed by atoms with E-state index in [1.165, 1.54) is 11.3 Å². The number of methoxy groups -OCH3 is 1. The minimum Gasteiger partial charge on any atom is -0.496 e. The van der Waals surface area contributed by atoms with Gasteiger partial charge in [-0.2, -0.15) is 4.52 Å². The molecule has 0 unspecified atom stereocenters. The number of hydrogen-bond acceptors (Lipinski definition) is 7. The van der Waals surface area contributed by atoms with E-state index >= 15 is 0 Å². The third kappa shape index (κ3) is 1.54. The number of anilines is 2. The molecule has 18 heavy (non-hydrogen) atoms. The maximum absolute atomic E-state index is 5.78. The van der Waals surface area contributed by atoms with Crippen molar-refractivity contribution in [3.8, 4) is 17.1 Å². The van der Waals surface area contributed by atoms with E-state index < -0.39 is 0 Å². The zero-order valence-electron chi connectivity index (χ0n) is 9.49. The fourth-order valence-corrected chi connectivity index (χ4v) is 2.30. The van der Waals surface area contributed by atoms with E-state index in [4.69, 9.17) is 16.2 Å².